The molecule has 0 aromatic heterocycles. The fourth-order valence-electron chi connectivity index (χ4n) is 3.50. The average molecular weight is 317 g/mol. The number of carbonyl (C=O) groups is 1. The molecule has 0 bridgehead atoms. The summed E-state index contributed by atoms with van der Waals surface area (Å²) in [6.07, 6.45) is 6.89. The van der Waals surface area contributed by atoms with E-state index in [1.165, 1.54) is 19.3 Å². The van der Waals surface area contributed by atoms with Gasteiger partial charge in [0.05, 0.1) is 0 Å². The summed E-state index contributed by atoms with van der Waals surface area (Å²) in [5.41, 5.74) is 0.993. The predicted molar refractivity (Wildman–Crippen MR) is 88.8 cm³/mol. The van der Waals surface area contributed by atoms with E-state index in [1.807, 2.05) is 17.0 Å². The Morgan fingerprint density at radius 1 is 1.09 bits per heavy atom. The van der Waals surface area contributed by atoms with Gasteiger partial charge < -0.3 is 15.1 Å². The van der Waals surface area contributed by atoms with Crippen molar-refractivity contribution < 1.29 is 15.0 Å². The van der Waals surface area contributed by atoms with E-state index >= 15 is 0 Å². The van der Waals surface area contributed by atoms with Gasteiger partial charge in [-0.3, -0.25) is 4.79 Å². The largest absolute Gasteiger partial charge is 0.508 e. The maximum absolute atomic E-state index is 12.8. The van der Waals surface area contributed by atoms with Crippen LogP contribution in [0.2, 0.25) is 0 Å². The molecule has 0 radical (unpaired) electrons. The van der Waals surface area contributed by atoms with Crippen molar-refractivity contribution >= 4 is 5.91 Å². The Morgan fingerprint density at radius 3 is 2.35 bits per heavy atom. The number of nitrogens with zero attached hydrogens (tertiary/aromatic N) is 1. The number of carbonyl (C=O) groups excluding carboxylic acids is 1. The first kappa shape index (κ1) is 16.3. The monoisotopic (exact) mass is 317 g/mol. The van der Waals surface area contributed by atoms with Gasteiger partial charge in [-0.25, -0.2) is 0 Å². The Balaban J connectivity index is 1.66. The van der Waals surface area contributed by atoms with Gasteiger partial charge in [-0.2, -0.15) is 0 Å². The second-order valence-corrected chi connectivity index (χ2v) is 7.17. The minimum absolute atomic E-state index is 0.114. The summed E-state index contributed by atoms with van der Waals surface area (Å²) in [6.45, 7) is 1.25. The van der Waals surface area contributed by atoms with Crippen LogP contribution in [0.3, 0.4) is 0 Å². The van der Waals surface area contributed by atoms with Gasteiger partial charge in [-0.05, 0) is 55.2 Å². The van der Waals surface area contributed by atoms with Crippen molar-refractivity contribution in [2.45, 2.75) is 57.6 Å². The van der Waals surface area contributed by atoms with E-state index in [4.69, 9.17) is 0 Å². The maximum Gasteiger partial charge on any atom is 0.252 e. The molecule has 2 N–H and O–H groups in total. The first-order valence-electron chi connectivity index (χ1n) is 8.88. The molecular formula is C19H27NO3. The van der Waals surface area contributed by atoms with Crippen LogP contribution in [-0.2, 0) is 11.3 Å². The number of aliphatic hydroxyl groups is 1. The number of aliphatic hydroxyl groups excluding tert-OH is 1. The van der Waals surface area contributed by atoms with Crippen LogP contribution in [0.5, 0.6) is 5.75 Å². The Labute approximate surface area is 138 Å². The highest BCUT2D eigenvalue weighted by molar-refractivity contribution is 5.81. The molecule has 23 heavy (non-hydrogen) atoms. The van der Waals surface area contributed by atoms with E-state index in [2.05, 4.69) is 0 Å². The fraction of sp³-hybridized carbons (Fsp3) is 0.632. The van der Waals surface area contributed by atoms with Crippen molar-refractivity contribution in [1.29, 1.82) is 0 Å². The summed E-state index contributed by atoms with van der Waals surface area (Å²) < 4.78 is 0. The van der Waals surface area contributed by atoms with Gasteiger partial charge in [-0.1, -0.05) is 31.4 Å². The first-order valence-corrected chi connectivity index (χ1v) is 8.88. The van der Waals surface area contributed by atoms with Crippen molar-refractivity contribution in [2.75, 3.05) is 6.54 Å². The van der Waals surface area contributed by atoms with Crippen LogP contribution in [0.15, 0.2) is 24.3 Å². The maximum atomic E-state index is 12.8. The SMILES string of the molecule is O=C(C(O)C1CCCCC1)N(Cc1ccc(O)cc1)CC1CC1. The highest BCUT2D eigenvalue weighted by atomic mass is 16.3. The summed E-state index contributed by atoms with van der Waals surface area (Å²) in [5.74, 6) is 0.834. The molecule has 1 atom stereocenters. The van der Waals surface area contributed by atoms with Crippen LogP contribution in [0.25, 0.3) is 0 Å². The lowest BCUT2D eigenvalue weighted by Crippen LogP contribution is -2.43. The van der Waals surface area contributed by atoms with E-state index in [0.29, 0.717) is 12.5 Å². The van der Waals surface area contributed by atoms with Crippen LogP contribution in [-0.4, -0.2) is 33.7 Å². The third-order valence-electron chi connectivity index (χ3n) is 5.15. The first-order chi connectivity index (χ1) is 11.1. The van der Waals surface area contributed by atoms with Crippen molar-refractivity contribution in [3.63, 3.8) is 0 Å². The van der Waals surface area contributed by atoms with Gasteiger partial charge in [0.2, 0.25) is 0 Å². The Bertz CT molecular complexity index is 518. The molecule has 4 heteroatoms. The highest BCUT2D eigenvalue weighted by Gasteiger charge is 2.33. The second kappa shape index (κ2) is 7.35. The van der Waals surface area contributed by atoms with Crippen LogP contribution in [0, 0.1) is 11.8 Å². The molecule has 3 rings (SSSR count). The van der Waals surface area contributed by atoms with Crippen LogP contribution < -0.4 is 0 Å². The number of hydrogen-bond donors (Lipinski definition) is 2. The third kappa shape index (κ3) is 4.47. The average Bonchev–Trinajstić information content (AvgIpc) is 3.40. The minimum atomic E-state index is -0.855. The van der Waals surface area contributed by atoms with Gasteiger partial charge in [-0.15, -0.1) is 0 Å². The summed E-state index contributed by atoms with van der Waals surface area (Å²) in [6, 6.07) is 6.98. The normalized spacial score (nSPS) is 20.2. The highest BCUT2D eigenvalue weighted by Crippen LogP contribution is 2.32. The molecule has 1 aromatic rings. The van der Waals surface area contributed by atoms with Gasteiger partial charge in [0, 0.05) is 13.1 Å². The van der Waals surface area contributed by atoms with Gasteiger partial charge in [0.1, 0.15) is 11.9 Å². The Morgan fingerprint density at radius 2 is 1.74 bits per heavy atom. The zero-order valence-corrected chi connectivity index (χ0v) is 13.7. The van der Waals surface area contributed by atoms with Crippen LogP contribution in [0.4, 0.5) is 0 Å². The number of aromatic hydroxyl groups is 1. The van der Waals surface area contributed by atoms with Crippen molar-refractivity contribution in [3.8, 4) is 5.75 Å². The summed E-state index contributed by atoms with van der Waals surface area (Å²) >= 11 is 0. The third-order valence-corrected chi connectivity index (χ3v) is 5.15. The zero-order valence-electron chi connectivity index (χ0n) is 13.7. The molecule has 2 saturated carbocycles. The molecule has 2 aliphatic carbocycles. The van der Waals surface area contributed by atoms with E-state index < -0.39 is 6.10 Å². The molecule has 2 aliphatic rings. The minimum Gasteiger partial charge on any atom is -0.508 e. The van der Waals surface area contributed by atoms with Crippen LogP contribution in [0.1, 0.15) is 50.5 Å². The Hall–Kier alpha value is -1.55. The molecule has 0 saturated heterocycles. The smallest absolute Gasteiger partial charge is 0.252 e. The van der Waals surface area contributed by atoms with Gasteiger partial charge in [0.25, 0.3) is 5.91 Å². The lowest BCUT2D eigenvalue weighted by Gasteiger charge is -2.31. The van der Waals surface area contributed by atoms with Crippen molar-refractivity contribution in [2.24, 2.45) is 11.8 Å². The van der Waals surface area contributed by atoms with E-state index in [1.54, 1.807) is 12.1 Å². The predicted octanol–water partition coefficient (Wildman–Crippen LogP) is 3.07. The van der Waals surface area contributed by atoms with E-state index in [0.717, 1.165) is 37.8 Å². The number of phenolic OH excluding ortho intramolecular Hbond substituents is 1. The Kier molecular flexibility index (Phi) is 5.21. The summed E-state index contributed by atoms with van der Waals surface area (Å²) in [7, 11) is 0. The van der Waals surface area contributed by atoms with Crippen molar-refractivity contribution in [3.05, 3.63) is 29.8 Å². The van der Waals surface area contributed by atoms with Crippen molar-refractivity contribution in [1.82, 2.24) is 4.90 Å². The van der Waals surface area contributed by atoms with E-state index in [-0.39, 0.29) is 17.6 Å². The molecule has 126 valence electrons. The number of amides is 1. The molecule has 1 unspecified atom stereocenters. The lowest BCUT2D eigenvalue weighted by molar-refractivity contribution is -0.144. The summed E-state index contributed by atoms with van der Waals surface area (Å²) in [4.78, 5) is 14.6. The molecular weight excluding hydrogens is 290 g/mol. The lowest BCUT2D eigenvalue weighted by atomic mass is 9.84. The zero-order chi connectivity index (χ0) is 16.2. The molecule has 0 spiro atoms. The second-order valence-electron chi connectivity index (χ2n) is 7.17. The topological polar surface area (TPSA) is 60.8 Å². The molecule has 0 aliphatic heterocycles. The van der Waals surface area contributed by atoms with Gasteiger partial charge >= 0.3 is 0 Å². The number of phenols is 1. The van der Waals surface area contributed by atoms with E-state index in [9.17, 15) is 15.0 Å². The molecule has 2 fully saturated rings. The molecule has 4 nitrogen and oxygen atoms in total. The van der Waals surface area contributed by atoms with Crippen LogP contribution >= 0.6 is 0 Å². The fourth-order valence-corrected chi connectivity index (χ4v) is 3.50. The summed E-state index contributed by atoms with van der Waals surface area (Å²) in [5, 5.41) is 19.9. The number of hydrogen-bond acceptors (Lipinski definition) is 3. The molecule has 0 heterocycles. The quantitative estimate of drug-likeness (QED) is 0.847. The number of rotatable bonds is 6. The van der Waals surface area contributed by atoms with Gasteiger partial charge in [0.15, 0.2) is 0 Å². The molecule has 1 amide bonds. The molecule has 1 aromatic carbocycles. The standard InChI is InChI=1S/C19H27NO3/c21-17-10-8-15(9-11-17)13-20(12-14-6-7-14)19(23)18(22)16-4-2-1-3-5-16/h8-11,14,16,18,21-22H,1-7,12-13H2. The number of benzene rings is 1.